The molecule has 0 amide bonds. The zero-order valence-corrected chi connectivity index (χ0v) is 10.7. The van der Waals surface area contributed by atoms with Crippen molar-refractivity contribution in [3.8, 4) is 5.88 Å². The number of nitrogens with one attached hydrogen (secondary N) is 1. The van der Waals surface area contributed by atoms with Crippen molar-refractivity contribution in [3.05, 3.63) is 35.7 Å². The molecule has 2 rings (SSSR count). The predicted molar refractivity (Wildman–Crippen MR) is 72.2 cm³/mol. The van der Waals surface area contributed by atoms with Crippen molar-refractivity contribution in [2.45, 2.75) is 13.8 Å². The van der Waals surface area contributed by atoms with Crippen LogP contribution >= 0.6 is 0 Å². The van der Waals surface area contributed by atoms with Crippen LogP contribution in [0.5, 0.6) is 5.88 Å². The van der Waals surface area contributed by atoms with Gasteiger partial charge in [-0.1, -0.05) is 6.07 Å². The van der Waals surface area contributed by atoms with Gasteiger partial charge in [-0.25, -0.2) is 4.98 Å². The molecule has 94 valence electrons. The molecule has 0 aliphatic heterocycles. The number of rotatable bonds is 3. The molecule has 1 heterocycles. The third kappa shape index (κ3) is 2.34. The van der Waals surface area contributed by atoms with E-state index in [-0.39, 0.29) is 0 Å². The lowest BCUT2D eigenvalue weighted by Crippen LogP contribution is -2.03. The zero-order chi connectivity index (χ0) is 13.1. The molecule has 0 saturated heterocycles. The molecule has 5 nitrogen and oxygen atoms in total. The van der Waals surface area contributed by atoms with E-state index >= 15 is 0 Å². The smallest absolute Gasteiger partial charge is 0.242 e. The molecule has 3 N–H and O–H groups in total. The minimum Gasteiger partial charge on any atom is -0.479 e. The van der Waals surface area contributed by atoms with Gasteiger partial charge in [0.1, 0.15) is 12.0 Å². The van der Waals surface area contributed by atoms with Gasteiger partial charge < -0.3 is 15.8 Å². The standard InChI is InChI=1S/C13H16N4O/c1-8-4-5-10(6-9(8)2)17-12-11(14)13(18-3)16-7-15-12/h4-7H,14H2,1-3H3,(H,15,16,17). The fourth-order valence-corrected chi connectivity index (χ4v) is 1.60. The minimum absolute atomic E-state index is 0.372. The largest absolute Gasteiger partial charge is 0.479 e. The third-order valence-corrected chi connectivity index (χ3v) is 2.81. The minimum atomic E-state index is 0.372. The van der Waals surface area contributed by atoms with E-state index < -0.39 is 0 Å². The Hall–Kier alpha value is -2.30. The second kappa shape index (κ2) is 4.91. The molecule has 1 aromatic heterocycles. The zero-order valence-electron chi connectivity index (χ0n) is 10.7. The quantitative estimate of drug-likeness (QED) is 0.867. The van der Waals surface area contributed by atoms with E-state index in [0.717, 1.165) is 5.69 Å². The maximum Gasteiger partial charge on any atom is 0.242 e. The van der Waals surface area contributed by atoms with E-state index in [9.17, 15) is 0 Å². The molecule has 0 saturated carbocycles. The van der Waals surface area contributed by atoms with E-state index in [4.69, 9.17) is 10.5 Å². The maximum absolute atomic E-state index is 5.90. The summed E-state index contributed by atoms with van der Waals surface area (Å²) < 4.78 is 5.05. The fraction of sp³-hybridized carbons (Fsp3) is 0.231. The van der Waals surface area contributed by atoms with Crippen molar-refractivity contribution in [1.82, 2.24) is 9.97 Å². The molecule has 0 atom stereocenters. The van der Waals surface area contributed by atoms with Crippen LogP contribution in [0.25, 0.3) is 0 Å². The third-order valence-electron chi connectivity index (χ3n) is 2.81. The highest BCUT2D eigenvalue weighted by Gasteiger charge is 2.08. The average molecular weight is 244 g/mol. The van der Waals surface area contributed by atoms with E-state index in [1.54, 1.807) is 0 Å². The van der Waals surface area contributed by atoms with Crippen molar-refractivity contribution in [2.75, 3.05) is 18.2 Å². The van der Waals surface area contributed by atoms with Crippen LogP contribution in [-0.2, 0) is 0 Å². The number of ether oxygens (including phenoxy) is 1. The Kier molecular flexibility index (Phi) is 3.32. The molecule has 0 fully saturated rings. The van der Waals surface area contributed by atoms with Crippen LogP contribution in [0.4, 0.5) is 17.2 Å². The molecule has 18 heavy (non-hydrogen) atoms. The fourth-order valence-electron chi connectivity index (χ4n) is 1.60. The average Bonchev–Trinajstić information content (AvgIpc) is 2.36. The lowest BCUT2D eigenvalue weighted by atomic mass is 10.1. The molecular weight excluding hydrogens is 228 g/mol. The van der Waals surface area contributed by atoms with E-state index in [1.165, 1.54) is 24.6 Å². The Morgan fingerprint density at radius 3 is 2.61 bits per heavy atom. The number of anilines is 3. The van der Waals surface area contributed by atoms with Gasteiger partial charge in [0.15, 0.2) is 5.82 Å². The van der Waals surface area contributed by atoms with Crippen molar-refractivity contribution in [2.24, 2.45) is 0 Å². The number of aromatic nitrogens is 2. The van der Waals surface area contributed by atoms with E-state index in [1.807, 2.05) is 18.2 Å². The molecular formula is C13H16N4O. The van der Waals surface area contributed by atoms with Gasteiger partial charge in [0.05, 0.1) is 7.11 Å². The number of nitrogens with zero attached hydrogens (tertiary/aromatic N) is 2. The number of methoxy groups -OCH3 is 1. The summed E-state index contributed by atoms with van der Waals surface area (Å²) in [7, 11) is 1.53. The highest BCUT2D eigenvalue weighted by molar-refractivity contribution is 5.72. The van der Waals surface area contributed by atoms with Crippen molar-refractivity contribution < 1.29 is 4.74 Å². The second-order valence-corrected chi connectivity index (χ2v) is 4.07. The van der Waals surface area contributed by atoms with Crippen LogP contribution < -0.4 is 15.8 Å². The maximum atomic E-state index is 5.90. The van der Waals surface area contributed by atoms with Gasteiger partial charge in [-0.15, -0.1) is 0 Å². The van der Waals surface area contributed by atoms with E-state index in [2.05, 4.69) is 29.1 Å². The lowest BCUT2D eigenvalue weighted by molar-refractivity contribution is 0.399. The summed E-state index contributed by atoms with van der Waals surface area (Å²) in [6.07, 6.45) is 1.42. The Balaban J connectivity index is 2.31. The Morgan fingerprint density at radius 1 is 1.17 bits per heavy atom. The first kappa shape index (κ1) is 12.2. The number of hydrogen-bond donors (Lipinski definition) is 2. The molecule has 5 heteroatoms. The normalized spacial score (nSPS) is 10.2. The molecule has 0 aliphatic carbocycles. The van der Waals surface area contributed by atoms with Gasteiger partial charge in [-0.3, -0.25) is 0 Å². The van der Waals surface area contributed by atoms with Gasteiger partial charge in [-0.05, 0) is 37.1 Å². The number of hydrogen-bond acceptors (Lipinski definition) is 5. The first-order valence-electron chi connectivity index (χ1n) is 5.60. The second-order valence-electron chi connectivity index (χ2n) is 4.07. The molecule has 2 aromatic rings. The first-order chi connectivity index (χ1) is 8.61. The summed E-state index contributed by atoms with van der Waals surface area (Å²) in [5.41, 5.74) is 9.69. The highest BCUT2D eigenvalue weighted by atomic mass is 16.5. The molecule has 0 spiro atoms. The monoisotopic (exact) mass is 244 g/mol. The number of nitrogen functional groups attached to an aromatic ring is 1. The Morgan fingerprint density at radius 2 is 1.94 bits per heavy atom. The van der Waals surface area contributed by atoms with Crippen LogP contribution in [0.2, 0.25) is 0 Å². The SMILES string of the molecule is COc1ncnc(Nc2ccc(C)c(C)c2)c1N. The van der Waals surface area contributed by atoms with Gasteiger partial charge in [-0.2, -0.15) is 4.98 Å². The van der Waals surface area contributed by atoms with E-state index in [0.29, 0.717) is 17.4 Å². The summed E-state index contributed by atoms with van der Waals surface area (Å²) in [6, 6.07) is 6.08. The number of benzene rings is 1. The van der Waals surface area contributed by atoms with Crippen LogP contribution in [0, 0.1) is 13.8 Å². The summed E-state index contributed by atoms with van der Waals surface area (Å²) in [5.74, 6) is 0.918. The van der Waals surface area contributed by atoms with Crippen LogP contribution in [-0.4, -0.2) is 17.1 Å². The topological polar surface area (TPSA) is 73.1 Å². The van der Waals surface area contributed by atoms with Gasteiger partial charge >= 0.3 is 0 Å². The molecule has 0 unspecified atom stereocenters. The van der Waals surface area contributed by atoms with Crippen LogP contribution in [0.15, 0.2) is 24.5 Å². The Labute approximate surface area is 106 Å². The van der Waals surface area contributed by atoms with Crippen LogP contribution in [0.3, 0.4) is 0 Å². The number of aryl methyl sites for hydroxylation is 2. The molecule has 1 aromatic carbocycles. The highest BCUT2D eigenvalue weighted by Crippen LogP contribution is 2.27. The van der Waals surface area contributed by atoms with Crippen molar-refractivity contribution >= 4 is 17.2 Å². The van der Waals surface area contributed by atoms with Gasteiger partial charge in [0.2, 0.25) is 5.88 Å². The Bertz CT molecular complexity index is 569. The van der Waals surface area contributed by atoms with Gasteiger partial charge in [0, 0.05) is 5.69 Å². The van der Waals surface area contributed by atoms with Crippen LogP contribution in [0.1, 0.15) is 11.1 Å². The summed E-state index contributed by atoms with van der Waals surface area (Å²) in [5, 5.41) is 3.16. The molecule has 0 radical (unpaired) electrons. The summed E-state index contributed by atoms with van der Waals surface area (Å²) in [4.78, 5) is 8.04. The van der Waals surface area contributed by atoms with Crippen molar-refractivity contribution in [3.63, 3.8) is 0 Å². The summed E-state index contributed by atoms with van der Waals surface area (Å²) in [6.45, 7) is 4.13. The van der Waals surface area contributed by atoms with Gasteiger partial charge in [0.25, 0.3) is 0 Å². The summed E-state index contributed by atoms with van der Waals surface area (Å²) >= 11 is 0. The lowest BCUT2D eigenvalue weighted by Gasteiger charge is -2.11. The van der Waals surface area contributed by atoms with Crippen molar-refractivity contribution in [1.29, 1.82) is 0 Å². The predicted octanol–water partition coefficient (Wildman–Crippen LogP) is 2.43. The molecule has 0 aliphatic rings. The first-order valence-corrected chi connectivity index (χ1v) is 5.60. The molecule has 0 bridgehead atoms. The number of nitrogens with two attached hydrogens (primary N) is 1.